The van der Waals surface area contributed by atoms with Crippen molar-refractivity contribution in [2.45, 2.75) is 25.7 Å². The van der Waals surface area contributed by atoms with Crippen molar-refractivity contribution < 1.29 is 27.1 Å². The molecular weight excluding hydrogens is 561 g/mol. The average Bonchev–Trinajstić information content (AvgIpc) is 3.24. The van der Waals surface area contributed by atoms with Gasteiger partial charge in [-0.25, -0.2) is 18.2 Å². The first kappa shape index (κ1) is 30.0. The fraction of sp³-hybridized carbons (Fsp3) is 0.167. The first-order chi connectivity index (χ1) is 20.0. The van der Waals surface area contributed by atoms with Crippen molar-refractivity contribution in [1.82, 2.24) is 9.99 Å². The number of benzene rings is 3. The van der Waals surface area contributed by atoms with Gasteiger partial charge in [-0.2, -0.15) is 5.10 Å². The summed E-state index contributed by atoms with van der Waals surface area (Å²) in [6.45, 7) is 4.40. The maximum atomic E-state index is 14.4. The molecule has 0 aliphatic rings. The van der Waals surface area contributed by atoms with Gasteiger partial charge in [0.15, 0.2) is 0 Å². The van der Waals surface area contributed by atoms with Gasteiger partial charge in [0.05, 0.1) is 29.6 Å². The van der Waals surface area contributed by atoms with Crippen molar-refractivity contribution in [1.29, 1.82) is 0 Å². The lowest BCUT2D eigenvalue weighted by atomic mass is 10.2. The predicted octanol–water partition coefficient (Wildman–Crippen LogP) is 4.55. The summed E-state index contributed by atoms with van der Waals surface area (Å²) in [6.07, 6.45) is 1.42. The van der Waals surface area contributed by atoms with Crippen LogP contribution in [0.1, 0.15) is 23.9 Å². The van der Waals surface area contributed by atoms with Crippen LogP contribution in [-0.4, -0.2) is 44.7 Å². The summed E-state index contributed by atoms with van der Waals surface area (Å²) < 4.78 is 49.6. The lowest BCUT2D eigenvalue weighted by Crippen LogP contribution is -2.39. The second kappa shape index (κ2) is 12.7. The van der Waals surface area contributed by atoms with Crippen LogP contribution in [-0.2, 0) is 19.6 Å². The molecule has 0 spiro atoms. The van der Waals surface area contributed by atoms with Gasteiger partial charge in [0.2, 0.25) is 5.91 Å². The Morgan fingerprint density at radius 3 is 2.31 bits per heavy atom. The third-order valence-electron chi connectivity index (χ3n) is 6.37. The fourth-order valence-corrected chi connectivity index (χ4v) is 5.79. The number of anilines is 2. The Morgan fingerprint density at radius 2 is 1.69 bits per heavy atom. The number of ether oxygens (including phenoxy) is 1. The van der Waals surface area contributed by atoms with E-state index in [0.29, 0.717) is 28.4 Å². The zero-order valence-corrected chi connectivity index (χ0v) is 24.3. The molecule has 0 aliphatic carbocycles. The minimum atomic E-state index is -4.21. The van der Waals surface area contributed by atoms with Gasteiger partial charge >= 0.3 is 0 Å². The number of nitrogens with zero attached hydrogens (tertiary/aromatic N) is 3. The number of hydrogen-bond acceptors (Lipinski definition) is 6. The third kappa shape index (κ3) is 6.66. The van der Waals surface area contributed by atoms with E-state index in [4.69, 9.17) is 4.74 Å². The van der Waals surface area contributed by atoms with Crippen LogP contribution >= 0.6 is 0 Å². The molecule has 0 aliphatic heterocycles. The molecule has 0 unspecified atom stereocenters. The van der Waals surface area contributed by atoms with Crippen LogP contribution in [0, 0.1) is 19.7 Å². The van der Waals surface area contributed by atoms with Crippen molar-refractivity contribution in [3.05, 3.63) is 102 Å². The van der Waals surface area contributed by atoms with Gasteiger partial charge in [-0.3, -0.25) is 13.9 Å². The molecule has 3 aromatic carbocycles. The molecule has 0 radical (unpaired) electrons. The van der Waals surface area contributed by atoms with Crippen LogP contribution in [0.15, 0.2) is 88.9 Å². The number of carbonyl (C=O) groups excluding carboxylic acids is 2. The Kier molecular flexibility index (Phi) is 9.06. The number of para-hydroxylation sites is 1. The van der Waals surface area contributed by atoms with Crippen molar-refractivity contribution in [2.75, 3.05) is 23.3 Å². The largest absolute Gasteiger partial charge is 0.497 e. The summed E-state index contributed by atoms with van der Waals surface area (Å²) in [5, 5.41) is 6.61. The van der Waals surface area contributed by atoms with E-state index in [2.05, 4.69) is 15.8 Å². The minimum Gasteiger partial charge on any atom is -0.497 e. The highest BCUT2D eigenvalue weighted by molar-refractivity contribution is 7.92. The zero-order valence-electron chi connectivity index (χ0n) is 23.5. The summed E-state index contributed by atoms with van der Waals surface area (Å²) in [6, 6.07) is 20.0. The molecular formula is C30H30FN5O5S. The number of aromatic nitrogens is 1. The van der Waals surface area contributed by atoms with Crippen LogP contribution in [0.4, 0.5) is 15.8 Å². The Hall–Kier alpha value is -4.97. The van der Waals surface area contributed by atoms with Crippen LogP contribution in [0.25, 0.3) is 5.69 Å². The van der Waals surface area contributed by atoms with Gasteiger partial charge < -0.3 is 14.6 Å². The standard InChI is InChI=1S/C30H30FN5O5S/c1-20-17-23(21(2)36(20)29-8-6-5-7-28(29)31)18-32-34-30(38)19-35(25-11-13-26(41-4)14-12-25)42(39,40)27-15-9-24(10-16-27)33-22(3)37/h5-18H,19H2,1-4H3,(H,33,37)(H,34,38)/b32-18+. The Balaban J connectivity index is 1.56. The summed E-state index contributed by atoms with van der Waals surface area (Å²) in [5.41, 5.74) is 5.56. The monoisotopic (exact) mass is 591 g/mol. The van der Waals surface area contributed by atoms with Gasteiger partial charge in [0, 0.05) is 29.6 Å². The summed E-state index contributed by atoms with van der Waals surface area (Å²) in [7, 11) is -2.72. The van der Waals surface area contributed by atoms with E-state index in [1.807, 2.05) is 6.92 Å². The van der Waals surface area contributed by atoms with Crippen molar-refractivity contribution in [3.63, 3.8) is 0 Å². The zero-order chi connectivity index (χ0) is 30.4. The molecule has 218 valence electrons. The summed E-state index contributed by atoms with van der Waals surface area (Å²) in [4.78, 5) is 24.2. The molecule has 1 heterocycles. The molecule has 0 fully saturated rings. The van der Waals surface area contributed by atoms with Crippen molar-refractivity contribution in [3.8, 4) is 11.4 Å². The summed E-state index contributed by atoms with van der Waals surface area (Å²) in [5.74, 6) is -0.848. The molecule has 0 saturated carbocycles. The first-order valence-electron chi connectivity index (χ1n) is 12.8. The maximum Gasteiger partial charge on any atom is 0.264 e. The molecule has 0 saturated heterocycles. The SMILES string of the molecule is COc1ccc(N(CC(=O)N/N=C/c2cc(C)n(-c3ccccc3F)c2C)S(=O)(=O)c2ccc(NC(C)=O)cc2)cc1. The third-order valence-corrected chi connectivity index (χ3v) is 8.15. The van der Waals surface area contributed by atoms with Gasteiger partial charge in [-0.1, -0.05) is 12.1 Å². The average molecular weight is 592 g/mol. The molecule has 42 heavy (non-hydrogen) atoms. The number of hydrogen-bond donors (Lipinski definition) is 2. The van der Waals surface area contributed by atoms with Gasteiger partial charge in [0.1, 0.15) is 18.1 Å². The van der Waals surface area contributed by atoms with Crippen molar-refractivity contribution in [2.24, 2.45) is 5.10 Å². The van der Waals surface area contributed by atoms with Crippen LogP contribution < -0.4 is 19.8 Å². The number of methoxy groups -OCH3 is 1. The number of rotatable bonds is 10. The number of hydrazone groups is 1. The lowest BCUT2D eigenvalue weighted by Gasteiger charge is -2.24. The van der Waals surface area contributed by atoms with E-state index in [-0.39, 0.29) is 22.3 Å². The second-order valence-electron chi connectivity index (χ2n) is 9.32. The normalized spacial score (nSPS) is 11.4. The fourth-order valence-electron chi connectivity index (χ4n) is 4.37. The van der Waals surface area contributed by atoms with Crippen LogP contribution in [0.2, 0.25) is 0 Å². The molecule has 2 amide bonds. The Labute approximate surface area is 243 Å². The molecule has 12 heteroatoms. The van der Waals surface area contributed by atoms with Crippen LogP contribution in [0.5, 0.6) is 5.75 Å². The van der Waals surface area contributed by atoms with E-state index >= 15 is 0 Å². The highest BCUT2D eigenvalue weighted by atomic mass is 32.2. The highest BCUT2D eigenvalue weighted by Gasteiger charge is 2.27. The summed E-state index contributed by atoms with van der Waals surface area (Å²) >= 11 is 0. The molecule has 10 nitrogen and oxygen atoms in total. The minimum absolute atomic E-state index is 0.0793. The Bertz CT molecular complexity index is 1730. The van der Waals surface area contributed by atoms with Gasteiger partial charge in [0.25, 0.3) is 15.9 Å². The van der Waals surface area contributed by atoms with Crippen LogP contribution in [0.3, 0.4) is 0 Å². The number of aryl methyl sites for hydroxylation is 1. The number of carbonyl (C=O) groups is 2. The number of sulfonamides is 1. The van der Waals surface area contributed by atoms with E-state index in [1.54, 1.807) is 47.9 Å². The van der Waals surface area contributed by atoms with E-state index in [9.17, 15) is 22.4 Å². The molecule has 4 aromatic rings. The quantitative estimate of drug-likeness (QED) is 0.207. The number of nitrogens with one attached hydrogen (secondary N) is 2. The molecule has 4 rings (SSSR count). The smallest absolute Gasteiger partial charge is 0.264 e. The molecule has 0 atom stereocenters. The van der Waals surface area contributed by atoms with Gasteiger partial charge in [-0.15, -0.1) is 0 Å². The topological polar surface area (TPSA) is 122 Å². The van der Waals surface area contributed by atoms with Gasteiger partial charge in [-0.05, 0) is 80.6 Å². The number of amides is 2. The highest BCUT2D eigenvalue weighted by Crippen LogP contribution is 2.27. The predicted molar refractivity (Wildman–Crippen MR) is 159 cm³/mol. The van der Waals surface area contributed by atoms with E-state index < -0.39 is 22.5 Å². The van der Waals surface area contributed by atoms with E-state index in [1.165, 1.54) is 62.7 Å². The first-order valence-corrected chi connectivity index (χ1v) is 14.3. The Morgan fingerprint density at radius 1 is 1.02 bits per heavy atom. The molecule has 0 bridgehead atoms. The molecule has 1 aromatic heterocycles. The number of halogens is 1. The van der Waals surface area contributed by atoms with E-state index in [0.717, 1.165) is 10.00 Å². The maximum absolute atomic E-state index is 14.4. The second-order valence-corrected chi connectivity index (χ2v) is 11.2. The lowest BCUT2D eigenvalue weighted by molar-refractivity contribution is -0.119. The molecule has 2 N–H and O–H groups in total. The van der Waals surface area contributed by atoms with Crippen molar-refractivity contribution >= 4 is 39.4 Å².